The van der Waals surface area contributed by atoms with E-state index in [1.54, 1.807) is 6.07 Å². The van der Waals surface area contributed by atoms with E-state index in [1.807, 2.05) is 0 Å². The van der Waals surface area contributed by atoms with Crippen LogP contribution in [0.3, 0.4) is 0 Å². The quantitative estimate of drug-likeness (QED) is 0.590. The third-order valence-electron chi connectivity index (χ3n) is 3.18. The van der Waals surface area contributed by atoms with Gasteiger partial charge in [0.1, 0.15) is 11.8 Å². The second kappa shape index (κ2) is 6.46. The highest BCUT2D eigenvalue weighted by Gasteiger charge is 2.42. The number of hydrogen-bond acceptors (Lipinski definition) is 2. The number of carbonyl (C=O) groups is 1. The standard InChI is InChI=1S/C16H9BrClF3N2O/c1-8(2)15(24)23-13(9-3-5-10(18)6-4-9)11(7-22)12(17)14(23)16(19,20)21/h3-6H,1H2,2H3. The largest absolute Gasteiger partial charge is 0.433 e. The molecule has 0 amide bonds. The van der Waals surface area contributed by atoms with Crippen molar-refractivity contribution < 1.29 is 18.0 Å². The zero-order chi connectivity index (χ0) is 18.2. The minimum atomic E-state index is -4.85. The molecule has 1 heterocycles. The zero-order valence-corrected chi connectivity index (χ0v) is 14.6. The third kappa shape index (κ3) is 3.12. The maximum Gasteiger partial charge on any atom is 0.433 e. The summed E-state index contributed by atoms with van der Waals surface area (Å²) in [5.41, 5.74) is -1.55. The highest BCUT2D eigenvalue weighted by Crippen LogP contribution is 2.43. The van der Waals surface area contributed by atoms with Crippen LogP contribution in [0.1, 0.15) is 23.0 Å². The second-order valence-corrected chi connectivity index (χ2v) is 6.15. The number of alkyl halides is 3. The molecule has 2 rings (SSSR count). The molecule has 0 fully saturated rings. The highest BCUT2D eigenvalue weighted by molar-refractivity contribution is 9.10. The summed E-state index contributed by atoms with van der Waals surface area (Å²) < 4.78 is 40.4. The molecule has 0 aliphatic carbocycles. The molecule has 1 aromatic heterocycles. The predicted molar refractivity (Wildman–Crippen MR) is 87.7 cm³/mol. The van der Waals surface area contributed by atoms with Crippen molar-refractivity contribution in [3.63, 3.8) is 0 Å². The van der Waals surface area contributed by atoms with E-state index in [9.17, 15) is 23.2 Å². The molecule has 3 nitrogen and oxygen atoms in total. The van der Waals surface area contributed by atoms with Gasteiger partial charge in [-0.05, 0) is 35.0 Å². The summed E-state index contributed by atoms with van der Waals surface area (Å²) in [5.74, 6) is -0.950. The van der Waals surface area contributed by atoms with Crippen molar-refractivity contribution in [2.45, 2.75) is 13.1 Å². The number of benzene rings is 1. The fourth-order valence-corrected chi connectivity index (χ4v) is 2.98. The van der Waals surface area contributed by atoms with Gasteiger partial charge in [-0.15, -0.1) is 0 Å². The van der Waals surface area contributed by atoms with Gasteiger partial charge in [-0.3, -0.25) is 9.36 Å². The lowest BCUT2D eigenvalue weighted by Gasteiger charge is -2.14. The van der Waals surface area contributed by atoms with Crippen LogP contribution in [0, 0.1) is 11.3 Å². The summed E-state index contributed by atoms with van der Waals surface area (Å²) in [4.78, 5) is 12.4. The SMILES string of the molecule is C=C(C)C(=O)n1c(-c2ccc(Cl)cc2)c(C#N)c(Br)c1C(F)(F)F. The van der Waals surface area contributed by atoms with Crippen LogP contribution < -0.4 is 0 Å². The summed E-state index contributed by atoms with van der Waals surface area (Å²) in [6, 6.07) is 7.52. The molecule has 0 radical (unpaired) electrons. The molecule has 124 valence electrons. The molecule has 0 saturated carbocycles. The van der Waals surface area contributed by atoms with Gasteiger partial charge in [0.05, 0.1) is 15.7 Å². The molecule has 0 aliphatic rings. The van der Waals surface area contributed by atoms with Crippen LogP contribution in [0.25, 0.3) is 11.3 Å². The number of aromatic nitrogens is 1. The molecule has 8 heteroatoms. The molecular weight excluding hydrogens is 409 g/mol. The van der Waals surface area contributed by atoms with E-state index in [-0.39, 0.29) is 22.4 Å². The van der Waals surface area contributed by atoms with Gasteiger partial charge in [0, 0.05) is 16.2 Å². The van der Waals surface area contributed by atoms with Gasteiger partial charge in [-0.2, -0.15) is 18.4 Å². The Hall–Kier alpha value is -2.04. The average molecular weight is 418 g/mol. The van der Waals surface area contributed by atoms with Crippen LogP contribution >= 0.6 is 27.5 Å². The molecule has 2 aromatic rings. The number of allylic oxidation sites excluding steroid dienone is 1. The van der Waals surface area contributed by atoms with Gasteiger partial charge in [0.25, 0.3) is 5.91 Å². The van der Waals surface area contributed by atoms with E-state index in [4.69, 9.17) is 11.6 Å². The maximum atomic E-state index is 13.5. The minimum Gasteiger partial charge on any atom is -0.269 e. The van der Waals surface area contributed by atoms with E-state index in [2.05, 4.69) is 22.5 Å². The molecule has 0 N–H and O–H groups in total. The van der Waals surface area contributed by atoms with Gasteiger partial charge in [0.15, 0.2) is 0 Å². The van der Waals surface area contributed by atoms with Crippen molar-refractivity contribution >= 4 is 33.4 Å². The Morgan fingerprint density at radius 3 is 2.29 bits per heavy atom. The van der Waals surface area contributed by atoms with Crippen LogP contribution in [0.4, 0.5) is 13.2 Å². The van der Waals surface area contributed by atoms with Crippen molar-refractivity contribution in [3.8, 4) is 17.3 Å². The minimum absolute atomic E-state index is 0.0947. The zero-order valence-electron chi connectivity index (χ0n) is 12.2. The van der Waals surface area contributed by atoms with Gasteiger partial charge in [-0.25, -0.2) is 0 Å². The van der Waals surface area contributed by atoms with E-state index in [0.717, 1.165) is 0 Å². The van der Waals surface area contributed by atoms with Crippen molar-refractivity contribution in [2.24, 2.45) is 0 Å². The van der Waals surface area contributed by atoms with Crippen LogP contribution in [0.5, 0.6) is 0 Å². The first-order valence-electron chi connectivity index (χ1n) is 6.47. The molecule has 0 spiro atoms. The molecule has 0 bridgehead atoms. The average Bonchev–Trinajstić information content (AvgIpc) is 2.79. The fourth-order valence-electron chi connectivity index (χ4n) is 2.17. The monoisotopic (exact) mass is 416 g/mol. The molecule has 0 atom stereocenters. The Bertz CT molecular complexity index is 877. The Kier molecular flexibility index (Phi) is 4.92. The van der Waals surface area contributed by atoms with Crippen molar-refractivity contribution in [1.82, 2.24) is 4.57 Å². The topological polar surface area (TPSA) is 45.8 Å². The number of rotatable bonds is 2. The Morgan fingerprint density at radius 2 is 1.88 bits per heavy atom. The van der Waals surface area contributed by atoms with Crippen molar-refractivity contribution in [3.05, 3.63) is 57.2 Å². The number of hydrogen-bond donors (Lipinski definition) is 0. The van der Waals surface area contributed by atoms with Gasteiger partial charge in [-0.1, -0.05) is 30.3 Å². The molecule has 0 unspecified atom stereocenters. The van der Waals surface area contributed by atoms with Gasteiger partial charge in [0.2, 0.25) is 0 Å². The first-order chi connectivity index (χ1) is 11.1. The normalized spacial score (nSPS) is 11.2. The highest BCUT2D eigenvalue weighted by atomic mass is 79.9. The van der Waals surface area contributed by atoms with Crippen LogP contribution in [-0.2, 0) is 6.18 Å². The number of nitrogens with zero attached hydrogens (tertiary/aromatic N) is 2. The smallest absolute Gasteiger partial charge is 0.269 e. The Balaban J connectivity index is 2.97. The van der Waals surface area contributed by atoms with Crippen LogP contribution in [0.15, 0.2) is 40.9 Å². The second-order valence-electron chi connectivity index (χ2n) is 4.92. The summed E-state index contributed by atoms with van der Waals surface area (Å²) >= 11 is 8.60. The number of nitriles is 1. The lowest BCUT2D eigenvalue weighted by molar-refractivity contribution is -0.143. The summed E-state index contributed by atoms with van der Waals surface area (Å²) in [7, 11) is 0. The summed E-state index contributed by atoms with van der Waals surface area (Å²) in [6.45, 7) is 4.71. The van der Waals surface area contributed by atoms with E-state index in [1.165, 1.54) is 31.2 Å². The summed E-state index contributed by atoms with van der Waals surface area (Å²) in [6.07, 6.45) is -4.85. The molecule has 1 aromatic carbocycles. The van der Waals surface area contributed by atoms with Gasteiger partial charge < -0.3 is 0 Å². The molecule has 0 aliphatic heterocycles. The molecular formula is C16H9BrClF3N2O. The third-order valence-corrected chi connectivity index (χ3v) is 4.20. The van der Waals surface area contributed by atoms with E-state index < -0.39 is 22.3 Å². The lowest BCUT2D eigenvalue weighted by Crippen LogP contribution is -2.21. The molecule has 0 saturated heterocycles. The van der Waals surface area contributed by atoms with Crippen LogP contribution in [-0.4, -0.2) is 10.5 Å². The maximum absolute atomic E-state index is 13.5. The molecule has 24 heavy (non-hydrogen) atoms. The first-order valence-corrected chi connectivity index (χ1v) is 7.64. The van der Waals surface area contributed by atoms with Crippen molar-refractivity contribution in [2.75, 3.05) is 0 Å². The fraction of sp³-hybridized carbons (Fsp3) is 0.125. The van der Waals surface area contributed by atoms with E-state index >= 15 is 0 Å². The predicted octanol–water partition coefficient (Wildman–Crippen LogP) is 5.68. The number of carbonyl (C=O) groups excluding carboxylic acids is 1. The van der Waals surface area contributed by atoms with Gasteiger partial charge >= 0.3 is 6.18 Å². The summed E-state index contributed by atoms with van der Waals surface area (Å²) in [5, 5.41) is 9.69. The number of halogens is 5. The van der Waals surface area contributed by atoms with Crippen LogP contribution in [0.2, 0.25) is 5.02 Å². The van der Waals surface area contributed by atoms with Crippen molar-refractivity contribution in [1.29, 1.82) is 5.26 Å². The Morgan fingerprint density at radius 1 is 1.33 bits per heavy atom. The lowest BCUT2D eigenvalue weighted by atomic mass is 10.1. The first kappa shape index (κ1) is 18.3. The van der Waals surface area contributed by atoms with E-state index in [0.29, 0.717) is 9.59 Å². The Labute approximate surface area is 149 Å².